The van der Waals surface area contributed by atoms with E-state index in [0.717, 1.165) is 25.7 Å². The Labute approximate surface area is 124 Å². The van der Waals surface area contributed by atoms with Crippen LogP contribution >= 0.6 is 0 Å². The minimum absolute atomic E-state index is 0.156. The van der Waals surface area contributed by atoms with Crippen molar-refractivity contribution in [2.24, 2.45) is 17.6 Å². The van der Waals surface area contributed by atoms with Crippen LogP contribution in [0.4, 0.5) is 0 Å². The Morgan fingerprint density at radius 2 is 1.90 bits per heavy atom. The van der Waals surface area contributed by atoms with Gasteiger partial charge in [-0.3, -0.25) is 4.79 Å². The summed E-state index contributed by atoms with van der Waals surface area (Å²) >= 11 is 0. The van der Waals surface area contributed by atoms with Crippen molar-refractivity contribution in [3.8, 4) is 0 Å². The predicted molar refractivity (Wildman–Crippen MR) is 79.5 cm³/mol. The van der Waals surface area contributed by atoms with E-state index in [9.17, 15) is 14.7 Å². The van der Waals surface area contributed by atoms with Gasteiger partial charge in [0.15, 0.2) is 6.04 Å². The molecule has 114 valence electrons. The summed E-state index contributed by atoms with van der Waals surface area (Å²) in [6.45, 7) is 0.473. The fourth-order valence-electron chi connectivity index (χ4n) is 3.02. The first kappa shape index (κ1) is 15.5. The largest absolute Gasteiger partial charge is 0.479 e. The van der Waals surface area contributed by atoms with Crippen LogP contribution in [0.5, 0.6) is 0 Å². The number of aliphatic carboxylic acids is 1. The van der Waals surface area contributed by atoms with Crippen molar-refractivity contribution < 1.29 is 14.7 Å². The zero-order valence-corrected chi connectivity index (χ0v) is 12.0. The number of benzene rings is 1. The normalized spacial score (nSPS) is 23.3. The number of nitrogens with one attached hydrogen (secondary N) is 1. The highest BCUT2D eigenvalue weighted by Gasteiger charge is 2.32. The molecule has 3 atom stereocenters. The zero-order valence-electron chi connectivity index (χ0n) is 12.0. The van der Waals surface area contributed by atoms with Crippen molar-refractivity contribution in [1.82, 2.24) is 5.32 Å². The fourth-order valence-corrected chi connectivity index (χ4v) is 3.02. The van der Waals surface area contributed by atoms with Crippen molar-refractivity contribution in [3.63, 3.8) is 0 Å². The van der Waals surface area contributed by atoms with Crippen molar-refractivity contribution in [3.05, 3.63) is 35.9 Å². The van der Waals surface area contributed by atoms with Crippen LogP contribution in [0.2, 0.25) is 0 Å². The molecule has 0 radical (unpaired) electrons. The van der Waals surface area contributed by atoms with E-state index in [-0.39, 0.29) is 17.7 Å². The van der Waals surface area contributed by atoms with E-state index >= 15 is 0 Å². The molecule has 21 heavy (non-hydrogen) atoms. The first-order chi connectivity index (χ1) is 10.1. The van der Waals surface area contributed by atoms with Crippen LogP contribution in [0.1, 0.15) is 37.3 Å². The molecule has 0 aromatic heterocycles. The van der Waals surface area contributed by atoms with Gasteiger partial charge < -0.3 is 16.2 Å². The van der Waals surface area contributed by atoms with Crippen LogP contribution < -0.4 is 11.1 Å². The van der Waals surface area contributed by atoms with Crippen molar-refractivity contribution in [2.45, 2.75) is 31.7 Å². The van der Waals surface area contributed by atoms with Gasteiger partial charge in [-0.05, 0) is 30.9 Å². The van der Waals surface area contributed by atoms with Crippen molar-refractivity contribution >= 4 is 11.9 Å². The van der Waals surface area contributed by atoms with E-state index < -0.39 is 12.0 Å². The highest BCUT2D eigenvalue weighted by atomic mass is 16.4. The van der Waals surface area contributed by atoms with E-state index in [1.165, 1.54) is 0 Å². The lowest BCUT2D eigenvalue weighted by Gasteiger charge is -2.30. The number of carbonyl (C=O) groups excluding carboxylic acids is 1. The lowest BCUT2D eigenvalue weighted by atomic mass is 9.78. The van der Waals surface area contributed by atoms with Gasteiger partial charge in [-0.2, -0.15) is 0 Å². The Kier molecular flexibility index (Phi) is 5.33. The summed E-state index contributed by atoms with van der Waals surface area (Å²) in [5, 5.41) is 12.0. The molecule has 2 rings (SSSR count). The molecule has 5 nitrogen and oxygen atoms in total. The first-order valence-corrected chi connectivity index (χ1v) is 7.41. The van der Waals surface area contributed by atoms with Gasteiger partial charge in [0.05, 0.1) is 0 Å². The van der Waals surface area contributed by atoms with Gasteiger partial charge in [-0.25, -0.2) is 4.79 Å². The number of amides is 1. The molecular formula is C16H22N2O3. The Bertz CT molecular complexity index is 490. The molecule has 0 aliphatic heterocycles. The first-order valence-electron chi connectivity index (χ1n) is 7.41. The number of hydrogen-bond acceptors (Lipinski definition) is 3. The number of carbonyl (C=O) groups is 2. The summed E-state index contributed by atoms with van der Waals surface area (Å²) in [4.78, 5) is 23.9. The van der Waals surface area contributed by atoms with Crippen molar-refractivity contribution in [1.29, 1.82) is 0 Å². The van der Waals surface area contributed by atoms with E-state index in [1.54, 1.807) is 24.3 Å². The molecule has 1 aromatic carbocycles. The third-order valence-electron chi connectivity index (χ3n) is 4.22. The summed E-state index contributed by atoms with van der Waals surface area (Å²) in [7, 11) is 0. The maximum atomic E-state index is 12.4. The van der Waals surface area contributed by atoms with Gasteiger partial charge in [0.2, 0.25) is 5.91 Å². The predicted octanol–water partition coefficient (Wildman–Crippen LogP) is 1.69. The average molecular weight is 290 g/mol. The Balaban J connectivity index is 2.10. The second-order valence-electron chi connectivity index (χ2n) is 5.58. The molecule has 5 heteroatoms. The smallest absolute Gasteiger partial charge is 0.330 e. The Morgan fingerprint density at radius 1 is 1.24 bits per heavy atom. The monoisotopic (exact) mass is 290 g/mol. The maximum absolute atomic E-state index is 12.4. The summed E-state index contributed by atoms with van der Waals surface area (Å²) < 4.78 is 0. The molecule has 1 saturated carbocycles. The molecule has 4 N–H and O–H groups in total. The highest BCUT2D eigenvalue weighted by molar-refractivity contribution is 5.86. The third kappa shape index (κ3) is 3.82. The van der Waals surface area contributed by atoms with Crippen LogP contribution in [0.3, 0.4) is 0 Å². The van der Waals surface area contributed by atoms with E-state index in [1.807, 2.05) is 6.07 Å². The van der Waals surface area contributed by atoms with E-state index in [4.69, 9.17) is 5.73 Å². The highest BCUT2D eigenvalue weighted by Crippen LogP contribution is 2.30. The molecule has 0 heterocycles. The van der Waals surface area contributed by atoms with Gasteiger partial charge in [-0.1, -0.05) is 43.2 Å². The second kappa shape index (κ2) is 7.22. The molecule has 1 fully saturated rings. The van der Waals surface area contributed by atoms with Crippen LogP contribution in [0.15, 0.2) is 30.3 Å². The average Bonchev–Trinajstić information content (AvgIpc) is 2.52. The van der Waals surface area contributed by atoms with Gasteiger partial charge in [0.1, 0.15) is 0 Å². The molecule has 0 saturated heterocycles. The number of carboxylic acids is 1. The number of rotatable bonds is 5. The molecule has 1 aromatic rings. The van der Waals surface area contributed by atoms with Crippen LogP contribution in [0.25, 0.3) is 0 Å². The SMILES string of the molecule is NCC1CCCCC1C(=O)NC(C(=O)O)c1ccccc1. The van der Waals surface area contributed by atoms with E-state index in [0.29, 0.717) is 12.1 Å². The van der Waals surface area contributed by atoms with Gasteiger partial charge in [0, 0.05) is 5.92 Å². The molecular weight excluding hydrogens is 268 g/mol. The van der Waals surface area contributed by atoms with Gasteiger partial charge >= 0.3 is 5.97 Å². The van der Waals surface area contributed by atoms with Crippen LogP contribution in [0, 0.1) is 11.8 Å². The molecule has 1 amide bonds. The second-order valence-corrected chi connectivity index (χ2v) is 5.58. The molecule has 1 aliphatic carbocycles. The quantitative estimate of drug-likeness (QED) is 0.769. The number of hydrogen-bond donors (Lipinski definition) is 3. The standard InChI is InChI=1S/C16H22N2O3/c17-10-12-8-4-5-9-13(12)15(19)18-14(16(20)21)11-6-2-1-3-7-11/h1-3,6-7,12-14H,4-5,8-10,17H2,(H,18,19)(H,20,21). The number of nitrogens with two attached hydrogens (primary N) is 1. The summed E-state index contributed by atoms with van der Waals surface area (Å²) in [6.07, 6.45) is 3.82. The Morgan fingerprint density at radius 3 is 2.52 bits per heavy atom. The molecule has 3 unspecified atom stereocenters. The maximum Gasteiger partial charge on any atom is 0.330 e. The summed E-state index contributed by atoms with van der Waals surface area (Å²) in [5.41, 5.74) is 6.32. The lowest BCUT2D eigenvalue weighted by Crippen LogP contribution is -2.42. The lowest BCUT2D eigenvalue weighted by molar-refractivity contribution is -0.143. The van der Waals surface area contributed by atoms with E-state index in [2.05, 4.69) is 5.32 Å². The van der Waals surface area contributed by atoms with Crippen LogP contribution in [-0.2, 0) is 9.59 Å². The third-order valence-corrected chi connectivity index (χ3v) is 4.22. The number of carboxylic acid groups (broad SMARTS) is 1. The summed E-state index contributed by atoms with van der Waals surface area (Å²) in [6, 6.07) is 7.76. The minimum Gasteiger partial charge on any atom is -0.479 e. The fraction of sp³-hybridized carbons (Fsp3) is 0.500. The molecule has 1 aliphatic rings. The topological polar surface area (TPSA) is 92.4 Å². The van der Waals surface area contributed by atoms with Gasteiger partial charge in [-0.15, -0.1) is 0 Å². The minimum atomic E-state index is -1.05. The molecule has 0 bridgehead atoms. The van der Waals surface area contributed by atoms with Crippen molar-refractivity contribution in [2.75, 3.05) is 6.54 Å². The van der Waals surface area contributed by atoms with Gasteiger partial charge in [0.25, 0.3) is 0 Å². The zero-order chi connectivity index (χ0) is 15.2. The Hall–Kier alpha value is -1.88. The summed E-state index contributed by atoms with van der Waals surface area (Å²) in [5.74, 6) is -1.26. The van der Waals surface area contributed by atoms with Crippen LogP contribution in [-0.4, -0.2) is 23.5 Å². The molecule has 0 spiro atoms.